The summed E-state index contributed by atoms with van der Waals surface area (Å²) in [5, 5.41) is 4.33. The minimum Gasteiger partial charge on any atom is -0.361 e. The molecule has 0 spiro atoms. The van der Waals surface area contributed by atoms with Crippen molar-refractivity contribution >= 4 is 16.8 Å². The third-order valence-electron chi connectivity index (χ3n) is 4.23. The fourth-order valence-corrected chi connectivity index (χ4v) is 2.52. The first-order chi connectivity index (χ1) is 9.14. The number of amides is 1. The molecule has 0 fully saturated rings. The normalized spacial score (nSPS) is 11.7. The molecule has 0 aliphatic heterocycles. The van der Waals surface area contributed by atoms with E-state index in [0.29, 0.717) is 0 Å². The lowest BCUT2D eigenvalue weighted by atomic mass is 9.89. The summed E-state index contributed by atoms with van der Waals surface area (Å²) in [7, 11) is 0. The zero-order valence-corrected chi connectivity index (χ0v) is 11.9. The van der Waals surface area contributed by atoms with E-state index in [0.717, 1.165) is 35.7 Å². The van der Waals surface area contributed by atoms with Crippen LogP contribution in [0.3, 0.4) is 0 Å². The van der Waals surface area contributed by atoms with E-state index in [9.17, 15) is 4.79 Å². The van der Waals surface area contributed by atoms with Crippen LogP contribution in [0.4, 0.5) is 0 Å². The molecular formula is C16H22N2O. The number of carbonyl (C=O) groups excluding carboxylic acids is 1. The number of rotatable bonds is 5. The molecule has 1 aromatic heterocycles. The van der Waals surface area contributed by atoms with E-state index >= 15 is 0 Å². The third kappa shape index (κ3) is 2.65. The van der Waals surface area contributed by atoms with Gasteiger partial charge in [-0.05, 0) is 42.8 Å². The number of benzene rings is 1. The Hall–Kier alpha value is -1.77. The summed E-state index contributed by atoms with van der Waals surface area (Å²) in [6, 6.07) is 7.78. The molecular weight excluding hydrogens is 236 g/mol. The SMILES string of the molecule is CCC(CC)(CC)NC(=O)c1ccc2cc[nH]c2c1. The number of nitrogens with one attached hydrogen (secondary N) is 2. The summed E-state index contributed by atoms with van der Waals surface area (Å²) in [6.45, 7) is 6.38. The van der Waals surface area contributed by atoms with E-state index in [1.165, 1.54) is 0 Å². The van der Waals surface area contributed by atoms with Gasteiger partial charge < -0.3 is 10.3 Å². The van der Waals surface area contributed by atoms with E-state index < -0.39 is 0 Å². The first-order valence-corrected chi connectivity index (χ1v) is 7.03. The molecule has 2 N–H and O–H groups in total. The molecule has 0 aliphatic rings. The van der Waals surface area contributed by atoms with Gasteiger partial charge in [0.1, 0.15) is 0 Å². The van der Waals surface area contributed by atoms with Crippen molar-refractivity contribution in [2.45, 2.75) is 45.6 Å². The van der Waals surface area contributed by atoms with Gasteiger partial charge in [0, 0.05) is 22.8 Å². The van der Waals surface area contributed by atoms with Crippen molar-refractivity contribution in [2.24, 2.45) is 0 Å². The Kier molecular flexibility index (Phi) is 3.93. The number of aromatic amines is 1. The summed E-state index contributed by atoms with van der Waals surface area (Å²) in [4.78, 5) is 15.5. The molecule has 0 bridgehead atoms. The van der Waals surface area contributed by atoms with Crippen molar-refractivity contribution in [1.82, 2.24) is 10.3 Å². The van der Waals surface area contributed by atoms with Crippen LogP contribution in [0.25, 0.3) is 10.9 Å². The average Bonchev–Trinajstić information content (AvgIpc) is 2.92. The summed E-state index contributed by atoms with van der Waals surface area (Å²) in [5.74, 6) is 0.0158. The minimum atomic E-state index is -0.0816. The Bertz CT molecular complexity index is 559. The van der Waals surface area contributed by atoms with E-state index in [-0.39, 0.29) is 11.4 Å². The van der Waals surface area contributed by atoms with Gasteiger partial charge in [0.25, 0.3) is 5.91 Å². The van der Waals surface area contributed by atoms with Gasteiger partial charge in [-0.1, -0.05) is 26.8 Å². The Morgan fingerprint density at radius 1 is 1.16 bits per heavy atom. The average molecular weight is 258 g/mol. The molecule has 2 rings (SSSR count). The number of hydrogen-bond donors (Lipinski definition) is 2. The summed E-state index contributed by atoms with van der Waals surface area (Å²) >= 11 is 0. The van der Waals surface area contributed by atoms with Gasteiger partial charge in [0.05, 0.1) is 0 Å². The van der Waals surface area contributed by atoms with Crippen LogP contribution in [-0.4, -0.2) is 16.4 Å². The lowest BCUT2D eigenvalue weighted by molar-refractivity contribution is 0.0888. The maximum absolute atomic E-state index is 12.4. The highest BCUT2D eigenvalue weighted by Crippen LogP contribution is 2.21. The molecule has 0 aliphatic carbocycles. The second-order valence-corrected chi connectivity index (χ2v) is 5.07. The van der Waals surface area contributed by atoms with Gasteiger partial charge >= 0.3 is 0 Å². The standard InChI is InChI=1S/C16H22N2O/c1-4-16(5-2,6-3)18-15(19)13-8-7-12-9-10-17-14(12)11-13/h7-11,17H,4-6H2,1-3H3,(H,18,19). The van der Waals surface area contributed by atoms with Crippen LogP contribution in [0, 0.1) is 0 Å². The largest absolute Gasteiger partial charge is 0.361 e. The fourth-order valence-electron chi connectivity index (χ4n) is 2.52. The lowest BCUT2D eigenvalue weighted by Gasteiger charge is -2.31. The Morgan fingerprint density at radius 3 is 2.47 bits per heavy atom. The lowest BCUT2D eigenvalue weighted by Crippen LogP contribution is -2.47. The Labute approximate surface area is 114 Å². The second-order valence-electron chi connectivity index (χ2n) is 5.07. The molecule has 19 heavy (non-hydrogen) atoms. The third-order valence-corrected chi connectivity index (χ3v) is 4.23. The number of fused-ring (bicyclic) bond motifs is 1. The Balaban J connectivity index is 2.23. The number of carbonyl (C=O) groups is 1. The quantitative estimate of drug-likeness (QED) is 0.840. The van der Waals surface area contributed by atoms with Crippen LogP contribution in [0.5, 0.6) is 0 Å². The minimum absolute atomic E-state index is 0.0158. The van der Waals surface area contributed by atoms with Crippen LogP contribution >= 0.6 is 0 Å². The molecule has 0 saturated carbocycles. The molecule has 1 aromatic carbocycles. The molecule has 1 amide bonds. The second kappa shape index (κ2) is 5.47. The fraction of sp³-hybridized carbons (Fsp3) is 0.438. The zero-order chi connectivity index (χ0) is 13.9. The predicted octanol–water partition coefficient (Wildman–Crippen LogP) is 3.87. The first-order valence-electron chi connectivity index (χ1n) is 7.03. The number of hydrogen-bond acceptors (Lipinski definition) is 1. The van der Waals surface area contributed by atoms with Gasteiger partial charge in [-0.15, -0.1) is 0 Å². The van der Waals surface area contributed by atoms with Crippen molar-refractivity contribution in [3.8, 4) is 0 Å². The van der Waals surface area contributed by atoms with Crippen LogP contribution in [0.2, 0.25) is 0 Å². The van der Waals surface area contributed by atoms with E-state index in [2.05, 4.69) is 31.1 Å². The highest BCUT2D eigenvalue weighted by Gasteiger charge is 2.26. The molecule has 102 valence electrons. The van der Waals surface area contributed by atoms with Crippen molar-refractivity contribution < 1.29 is 4.79 Å². The van der Waals surface area contributed by atoms with Crippen LogP contribution < -0.4 is 5.32 Å². The van der Waals surface area contributed by atoms with Crippen molar-refractivity contribution in [2.75, 3.05) is 0 Å². The van der Waals surface area contributed by atoms with Crippen molar-refractivity contribution in [1.29, 1.82) is 0 Å². The molecule has 1 heterocycles. The van der Waals surface area contributed by atoms with E-state index in [1.807, 2.05) is 30.5 Å². The smallest absolute Gasteiger partial charge is 0.251 e. The van der Waals surface area contributed by atoms with E-state index in [4.69, 9.17) is 0 Å². The van der Waals surface area contributed by atoms with Gasteiger partial charge in [0.2, 0.25) is 0 Å². The van der Waals surface area contributed by atoms with Crippen LogP contribution in [0.15, 0.2) is 30.5 Å². The molecule has 0 saturated heterocycles. The van der Waals surface area contributed by atoms with Gasteiger partial charge in [-0.25, -0.2) is 0 Å². The number of aromatic nitrogens is 1. The zero-order valence-electron chi connectivity index (χ0n) is 11.9. The van der Waals surface area contributed by atoms with Gasteiger partial charge in [-0.2, -0.15) is 0 Å². The number of H-pyrrole nitrogens is 1. The molecule has 0 atom stereocenters. The molecule has 0 radical (unpaired) electrons. The van der Waals surface area contributed by atoms with Crippen LogP contribution in [0.1, 0.15) is 50.4 Å². The Morgan fingerprint density at radius 2 is 1.84 bits per heavy atom. The summed E-state index contributed by atoms with van der Waals surface area (Å²) in [5.41, 5.74) is 1.64. The highest BCUT2D eigenvalue weighted by molar-refractivity contribution is 5.98. The maximum Gasteiger partial charge on any atom is 0.251 e. The monoisotopic (exact) mass is 258 g/mol. The van der Waals surface area contributed by atoms with Crippen molar-refractivity contribution in [3.05, 3.63) is 36.0 Å². The molecule has 3 heteroatoms. The molecule has 2 aromatic rings. The molecule has 3 nitrogen and oxygen atoms in total. The topological polar surface area (TPSA) is 44.9 Å². The molecule has 0 unspecified atom stereocenters. The predicted molar refractivity (Wildman–Crippen MR) is 79.4 cm³/mol. The van der Waals surface area contributed by atoms with E-state index in [1.54, 1.807) is 0 Å². The van der Waals surface area contributed by atoms with Gasteiger partial charge in [-0.3, -0.25) is 4.79 Å². The summed E-state index contributed by atoms with van der Waals surface area (Å²) < 4.78 is 0. The van der Waals surface area contributed by atoms with Gasteiger partial charge in [0.15, 0.2) is 0 Å². The highest BCUT2D eigenvalue weighted by atomic mass is 16.1. The van der Waals surface area contributed by atoms with Crippen LogP contribution in [-0.2, 0) is 0 Å². The van der Waals surface area contributed by atoms with Crippen molar-refractivity contribution in [3.63, 3.8) is 0 Å². The first kappa shape index (κ1) is 13.7. The maximum atomic E-state index is 12.4. The summed E-state index contributed by atoms with van der Waals surface area (Å²) in [6.07, 6.45) is 4.75.